The smallest absolute Gasteiger partial charge is 0.289 e. The predicted octanol–water partition coefficient (Wildman–Crippen LogP) is 4.00. The molecule has 0 saturated heterocycles. The van der Waals surface area contributed by atoms with E-state index in [2.05, 4.69) is 36.7 Å². The molecule has 0 aliphatic rings. The molecule has 0 saturated carbocycles. The van der Waals surface area contributed by atoms with Crippen LogP contribution < -0.4 is 10.2 Å². The van der Waals surface area contributed by atoms with Crippen molar-refractivity contribution >= 4 is 28.1 Å². The summed E-state index contributed by atoms with van der Waals surface area (Å²) in [5.74, 6) is 0.345. The van der Waals surface area contributed by atoms with E-state index in [0.717, 1.165) is 15.6 Å². The largest absolute Gasteiger partial charge is 0.493 e. The van der Waals surface area contributed by atoms with Gasteiger partial charge in [-0.2, -0.15) is 10.2 Å². The van der Waals surface area contributed by atoms with Crippen LogP contribution in [-0.4, -0.2) is 28.9 Å². The van der Waals surface area contributed by atoms with Crippen molar-refractivity contribution in [1.82, 2.24) is 15.6 Å². The summed E-state index contributed by atoms with van der Waals surface area (Å²) in [5.41, 5.74) is 5.21. The van der Waals surface area contributed by atoms with Crippen LogP contribution in [0.4, 0.5) is 0 Å². The number of hydrazone groups is 1. The average molecular weight is 413 g/mol. The zero-order valence-electron chi connectivity index (χ0n) is 14.1. The summed E-state index contributed by atoms with van der Waals surface area (Å²) in [4.78, 5) is 12.2. The Bertz CT molecular complexity index is 919. The number of ether oxygens (including phenoxy) is 1. The molecule has 26 heavy (non-hydrogen) atoms. The normalized spacial score (nSPS) is 10.8. The number of hydrogen-bond acceptors (Lipinski definition) is 4. The average Bonchev–Trinajstić information content (AvgIpc) is 3.14. The highest BCUT2D eigenvalue weighted by Crippen LogP contribution is 2.20. The van der Waals surface area contributed by atoms with Crippen molar-refractivity contribution in [2.24, 2.45) is 5.10 Å². The Kier molecular flexibility index (Phi) is 5.80. The minimum absolute atomic E-state index is 0.332. The Hall–Kier alpha value is -2.93. The molecule has 0 aliphatic heterocycles. The second-order valence-electron chi connectivity index (χ2n) is 5.34. The van der Waals surface area contributed by atoms with E-state index in [1.54, 1.807) is 12.3 Å². The number of carbonyl (C=O) groups is 1. The van der Waals surface area contributed by atoms with Gasteiger partial charge in [0.05, 0.1) is 18.5 Å². The van der Waals surface area contributed by atoms with E-state index in [4.69, 9.17) is 4.74 Å². The highest BCUT2D eigenvalue weighted by Gasteiger charge is 2.10. The van der Waals surface area contributed by atoms with Crippen LogP contribution in [0.2, 0.25) is 0 Å². The first-order valence-corrected chi connectivity index (χ1v) is 8.83. The molecule has 1 amide bonds. The molecule has 0 aliphatic carbocycles. The Morgan fingerprint density at radius 1 is 1.27 bits per heavy atom. The summed E-state index contributed by atoms with van der Waals surface area (Å²) >= 11 is 3.39. The van der Waals surface area contributed by atoms with Gasteiger partial charge in [-0.1, -0.05) is 40.2 Å². The topological polar surface area (TPSA) is 79.4 Å². The van der Waals surface area contributed by atoms with Crippen LogP contribution in [0.15, 0.2) is 64.2 Å². The molecule has 7 heteroatoms. The number of aromatic amines is 1. The van der Waals surface area contributed by atoms with Crippen LogP contribution in [0.1, 0.15) is 23.0 Å². The van der Waals surface area contributed by atoms with Crippen LogP contribution in [0.25, 0.3) is 11.3 Å². The third kappa shape index (κ3) is 4.37. The fourth-order valence-electron chi connectivity index (χ4n) is 2.30. The quantitative estimate of drug-likeness (QED) is 0.474. The van der Waals surface area contributed by atoms with Crippen LogP contribution in [-0.2, 0) is 0 Å². The van der Waals surface area contributed by atoms with E-state index >= 15 is 0 Å². The van der Waals surface area contributed by atoms with E-state index in [0.29, 0.717) is 23.7 Å². The second-order valence-corrected chi connectivity index (χ2v) is 6.26. The number of H-pyrrole nitrogens is 1. The maximum absolute atomic E-state index is 12.2. The minimum atomic E-state index is -0.369. The van der Waals surface area contributed by atoms with E-state index in [-0.39, 0.29) is 5.91 Å². The number of amides is 1. The summed E-state index contributed by atoms with van der Waals surface area (Å²) < 4.78 is 6.50. The van der Waals surface area contributed by atoms with Crippen molar-refractivity contribution in [2.75, 3.05) is 6.61 Å². The molecule has 2 aromatic carbocycles. The third-order valence-electron chi connectivity index (χ3n) is 3.55. The van der Waals surface area contributed by atoms with Gasteiger partial charge >= 0.3 is 0 Å². The zero-order chi connectivity index (χ0) is 18.4. The molecule has 6 nitrogen and oxygen atoms in total. The number of aromatic nitrogens is 2. The molecule has 1 aromatic heterocycles. The van der Waals surface area contributed by atoms with Gasteiger partial charge in [0.1, 0.15) is 11.4 Å². The first-order chi connectivity index (χ1) is 12.7. The summed E-state index contributed by atoms with van der Waals surface area (Å²) in [7, 11) is 0. The molecular weight excluding hydrogens is 396 g/mol. The fraction of sp³-hybridized carbons (Fsp3) is 0.105. The predicted molar refractivity (Wildman–Crippen MR) is 104 cm³/mol. The SMILES string of the molecule is CCOc1ccccc1C=NNC(=O)c1cc(-c2ccc(Br)cc2)n[nH]1. The molecule has 0 fully saturated rings. The fourth-order valence-corrected chi connectivity index (χ4v) is 2.57. The molecule has 1 heterocycles. The zero-order valence-corrected chi connectivity index (χ0v) is 15.7. The molecule has 3 rings (SSSR count). The lowest BCUT2D eigenvalue weighted by atomic mass is 10.1. The lowest BCUT2D eigenvalue weighted by Crippen LogP contribution is -2.18. The number of para-hydroxylation sites is 1. The van der Waals surface area contributed by atoms with Crippen LogP contribution in [0.5, 0.6) is 5.75 Å². The summed E-state index contributed by atoms with van der Waals surface area (Å²) in [6, 6.07) is 16.8. The highest BCUT2D eigenvalue weighted by atomic mass is 79.9. The van der Waals surface area contributed by atoms with Crippen molar-refractivity contribution in [3.05, 3.63) is 70.3 Å². The number of carbonyl (C=O) groups excluding carboxylic acids is 1. The van der Waals surface area contributed by atoms with Crippen molar-refractivity contribution in [2.45, 2.75) is 6.92 Å². The van der Waals surface area contributed by atoms with Gasteiger partial charge in [-0.25, -0.2) is 5.43 Å². The third-order valence-corrected chi connectivity index (χ3v) is 4.08. The van der Waals surface area contributed by atoms with Crippen molar-refractivity contribution < 1.29 is 9.53 Å². The first kappa shape index (κ1) is 17.9. The molecule has 2 N–H and O–H groups in total. The maximum atomic E-state index is 12.2. The van der Waals surface area contributed by atoms with Gasteiger partial charge in [0.15, 0.2) is 0 Å². The molecular formula is C19H17BrN4O2. The standard InChI is InChI=1S/C19H17BrN4O2/c1-2-26-18-6-4-3-5-14(18)12-21-24-19(25)17-11-16(22-23-17)13-7-9-15(20)10-8-13/h3-12H,2H2,1H3,(H,22,23)(H,24,25). The van der Waals surface area contributed by atoms with Gasteiger partial charge in [0.25, 0.3) is 5.91 Å². The van der Waals surface area contributed by atoms with Gasteiger partial charge in [0.2, 0.25) is 0 Å². The molecule has 0 spiro atoms. The minimum Gasteiger partial charge on any atom is -0.493 e. The number of nitrogens with zero attached hydrogens (tertiary/aromatic N) is 2. The maximum Gasteiger partial charge on any atom is 0.289 e. The second kappa shape index (κ2) is 8.44. The molecule has 0 unspecified atom stereocenters. The Morgan fingerprint density at radius 2 is 2.04 bits per heavy atom. The summed E-state index contributed by atoms with van der Waals surface area (Å²) in [6.45, 7) is 2.47. The van der Waals surface area contributed by atoms with Gasteiger partial charge in [-0.3, -0.25) is 9.89 Å². The number of nitrogens with one attached hydrogen (secondary N) is 2. The molecule has 0 bridgehead atoms. The lowest BCUT2D eigenvalue weighted by Gasteiger charge is -2.05. The summed E-state index contributed by atoms with van der Waals surface area (Å²) in [6.07, 6.45) is 1.55. The van der Waals surface area contributed by atoms with E-state index in [9.17, 15) is 4.79 Å². The number of halogens is 1. The van der Waals surface area contributed by atoms with Crippen LogP contribution >= 0.6 is 15.9 Å². The van der Waals surface area contributed by atoms with Gasteiger partial charge < -0.3 is 4.74 Å². The Labute approximate surface area is 159 Å². The molecule has 0 radical (unpaired) electrons. The van der Waals surface area contributed by atoms with E-state index in [1.165, 1.54) is 0 Å². The number of benzene rings is 2. The van der Waals surface area contributed by atoms with Crippen molar-refractivity contribution in [3.8, 4) is 17.0 Å². The summed E-state index contributed by atoms with van der Waals surface area (Å²) in [5, 5.41) is 10.9. The van der Waals surface area contributed by atoms with E-state index in [1.807, 2.05) is 55.5 Å². The van der Waals surface area contributed by atoms with Gasteiger partial charge in [-0.15, -0.1) is 0 Å². The van der Waals surface area contributed by atoms with Gasteiger partial charge in [0, 0.05) is 15.6 Å². The molecule has 0 atom stereocenters. The lowest BCUT2D eigenvalue weighted by molar-refractivity contribution is 0.0950. The van der Waals surface area contributed by atoms with Crippen LogP contribution in [0, 0.1) is 0 Å². The number of rotatable bonds is 6. The van der Waals surface area contributed by atoms with Crippen molar-refractivity contribution in [3.63, 3.8) is 0 Å². The molecule has 3 aromatic rings. The van der Waals surface area contributed by atoms with Crippen molar-refractivity contribution in [1.29, 1.82) is 0 Å². The van der Waals surface area contributed by atoms with Crippen LogP contribution in [0.3, 0.4) is 0 Å². The Balaban J connectivity index is 1.67. The van der Waals surface area contributed by atoms with E-state index < -0.39 is 0 Å². The monoisotopic (exact) mass is 412 g/mol. The van der Waals surface area contributed by atoms with Gasteiger partial charge in [-0.05, 0) is 37.3 Å². The number of hydrogen-bond donors (Lipinski definition) is 2. The first-order valence-electron chi connectivity index (χ1n) is 8.04. The highest BCUT2D eigenvalue weighted by molar-refractivity contribution is 9.10. The Morgan fingerprint density at radius 3 is 2.81 bits per heavy atom. The molecule has 132 valence electrons.